The van der Waals surface area contributed by atoms with Crippen LogP contribution in [0, 0.1) is 11.6 Å². The molecule has 0 saturated carbocycles. The molecule has 100 valence electrons. The third kappa shape index (κ3) is 3.30. The number of halogens is 3. The molecule has 1 N–H and O–H groups in total. The second-order valence-corrected chi connectivity index (χ2v) is 6.23. The maximum Gasteiger partial charge on any atom is 0.261 e. The van der Waals surface area contributed by atoms with E-state index in [9.17, 15) is 17.2 Å². The number of nitrogens with one attached hydrogen (secondary N) is 1. The summed E-state index contributed by atoms with van der Waals surface area (Å²) in [4.78, 5) is -0.238. The van der Waals surface area contributed by atoms with E-state index in [1.165, 1.54) is 30.3 Å². The molecule has 0 amide bonds. The molecule has 0 unspecified atom stereocenters. The van der Waals surface area contributed by atoms with Crippen LogP contribution in [0.15, 0.2) is 51.8 Å². The van der Waals surface area contributed by atoms with E-state index in [-0.39, 0.29) is 15.1 Å². The zero-order valence-corrected chi connectivity index (χ0v) is 11.8. The minimum Gasteiger partial charge on any atom is -0.280 e. The number of sulfonamides is 1. The van der Waals surface area contributed by atoms with Crippen LogP contribution >= 0.6 is 15.9 Å². The molecule has 0 atom stereocenters. The Labute approximate surface area is 117 Å². The van der Waals surface area contributed by atoms with E-state index in [0.717, 1.165) is 12.1 Å². The average Bonchev–Trinajstić information content (AvgIpc) is 2.32. The molecule has 0 saturated heterocycles. The van der Waals surface area contributed by atoms with Gasteiger partial charge in [-0.25, -0.2) is 17.2 Å². The summed E-state index contributed by atoms with van der Waals surface area (Å²) in [6, 6.07) is 8.41. The Morgan fingerprint density at radius 2 is 1.79 bits per heavy atom. The number of anilines is 1. The maximum absolute atomic E-state index is 13.3. The van der Waals surface area contributed by atoms with Crippen LogP contribution < -0.4 is 4.72 Å². The summed E-state index contributed by atoms with van der Waals surface area (Å²) in [5.41, 5.74) is 0.0725. The highest BCUT2D eigenvalue weighted by Gasteiger charge is 2.16. The molecule has 19 heavy (non-hydrogen) atoms. The van der Waals surface area contributed by atoms with E-state index in [2.05, 4.69) is 20.7 Å². The van der Waals surface area contributed by atoms with Gasteiger partial charge in [-0.15, -0.1) is 0 Å². The molecular weight excluding hydrogens is 340 g/mol. The largest absolute Gasteiger partial charge is 0.280 e. The second-order valence-electron chi connectivity index (χ2n) is 3.69. The first kappa shape index (κ1) is 14.0. The van der Waals surface area contributed by atoms with Crippen LogP contribution in [-0.4, -0.2) is 8.42 Å². The number of hydrogen-bond acceptors (Lipinski definition) is 2. The highest BCUT2D eigenvalue weighted by Crippen LogP contribution is 2.21. The van der Waals surface area contributed by atoms with Crippen LogP contribution in [0.5, 0.6) is 0 Å². The fourth-order valence-electron chi connectivity index (χ4n) is 1.41. The SMILES string of the molecule is O=S(=O)(Nc1cccc(F)c1)c1ccc(Br)c(F)c1. The van der Waals surface area contributed by atoms with E-state index in [4.69, 9.17) is 0 Å². The van der Waals surface area contributed by atoms with Crippen LogP contribution in [0.4, 0.5) is 14.5 Å². The molecule has 3 nitrogen and oxygen atoms in total. The lowest BCUT2D eigenvalue weighted by Crippen LogP contribution is -2.13. The first-order chi connectivity index (χ1) is 8.88. The van der Waals surface area contributed by atoms with E-state index in [0.29, 0.717) is 0 Å². The van der Waals surface area contributed by atoms with Gasteiger partial charge in [0.2, 0.25) is 0 Å². The minimum atomic E-state index is -3.95. The van der Waals surface area contributed by atoms with Crippen molar-refractivity contribution >= 4 is 31.6 Å². The van der Waals surface area contributed by atoms with Gasteiger partial charge in [-0.05, 0) is 52.3 Å². The summed E-state index contributed by atoms with van der Waals surface area (Å²) in [6.07, 6.45) is 0. The average molecular weight is 348 g/mol. The third-order valence-electron chi connectivity index (χ3n) is 2.28. The molecule has 2 aromatic carbocycles. The standard InChI is InChI=1S/C12H8BrF2NO2S/c13-11-5-4-10(7-12(11)15)19(17,18)16-9-3-1-2-8(14)6-9/h1-7,16H. The van der Waals surface area contributed by atoms with Gasteiger partial charge in [0.25, 0.3) is 10.0 Å². The summed E-state index contributed by atoms with van der Waals surface area (Å²) < 4.78 is 52.5. The van der Waals surface area contributed by atoms with Crippen LogP contribution in [0.1, 0.15) is 0 Å². The summed E-state index contributed by atoms with van der Waals surface area (Å²) in [7, 11) is -3.95. The zero-order valence-electron chi connectivity index (χ0n) is 9.40. The normalized spacial score (nSPS) is 11.3. The van der Waals surface area contributed by atoms with Crippen LogP contribution in [0.3, 0.4) is 0 Å². The minimum absolute atomic E-state index is 0.0725. The molecule has 0 fully saturated rings. The quantitative estimate of drug-likeness (QED) is 0.923. The van der Waals surface area contributed by atoms with E-state index >= 15 is 0 Å². The van der Waals surface area contributed by atoms with E-state index in [1.54, 1.807) is 0 Å². The van der Waals surface area contributed by atoms with Gasteiger partial charge in [0, 0.05) is 0 Å². The van der Waals surface area contributed by atoms with E-state index < -0.39 is 21.7 Å². The molecule has 2 aromatic rings. The highest BCUT2D eigenvalue weighted by atomic mass is 79.9. The Balaban J connectivity index is 2.35. The Morgan fingerprint density at radius 3 is 2.42 bits per heavy atom. The molecule has 0 aliphatic heterocycles. The van der Waals surface area contributed by atoms with Gasteiger partial charge in [0.05, 0.1) is 15.1 Å². The number of rotatable bonds is 3. The Hall–Kier alpha value is -1.47. The van der Waals surface area contributed by atoms with Crippen molar-refractivity contribution < 1.29 is 17.2 Å². The lowest BCUT2D eigenvalue weighted by molar-refractivity contribution is 0.593. The Kier molecular flexibility index (Phi) is 3.86. The van der Waals surface area contributed by atoms with Crippen molar-refractivity contribution in [1.82, 2.24) is 0 Å². The first-order valence-corrected chi connectivity index (χ1v) is 7.39. The maximum atomic E-state index is 13.3. The van der Waals surface area contributed by atoms with Crippen molar-refractivity contribution in [2.75, 3.05) is 4.72 Å². The Bertz CT molecular complexity index is 719. The summed E-state index contributed by atoms with van der Waals surface area (Å²) in [5.74, 6) is -1.26. The van der Waals surface area contributed by atoms with Gasteiger partial charge in [0.1, 0.15) is 11.6 Å². The lowest BCUT2D eigenvalue weighted by Gasteiger charge is -2.08. The van der Waals surface area contributed by atoms with Crippen molar-refractivity contribution in [2.45, 2.75) is 4.90 Å². The van der Waals surface area contributed by atoms with Crippen LogP contribution in [0.2, 0.25) is 0 Å². The summed E-state index contributed by atoms with van der Waals surface area (Å²) >= 11 is 2.93. The monoisotopic (exact) mass is 347 g/mol. The van der Waals surface area contributed by atoms with Crippen molar-refractivity contribution in [2.24, 2.45) is 0 Å². The lowest BCUT2D eigenvalue weighted by atomic mass is 10.3. The summed E-state index contributed by atoms with van der Waals surface area (Å²) in [6.45, 7) is 0. The van der Waals surface area contributed by atoms with Gasteiger partial charge in [-0.2, -0.15) is 0 Å². The zero-order chi connectivity index (χ0) is 14.0. The molecule has 0 aliphatic carbocycles. The molecule has 0 radical (unpaired) electrons. The molecular formula is C12H8BrF2NO2S. The molecule has 0 heterocycles. The summed E-state index contributed by atoms with van der Waals surface area (Å²) in [5, 5.41) is 0. The fourth-order valence-corrected chi connectivity index (χ4v) is 2.72. The van der Waals surface area contributed by atoms with Gasteiger partial charge >= 0.3 is 0 Å². The highest BCUT2D eigenvalue weighted by molar-refractivity contribution is 9.10. The molecule has 0 bridgehead atoms. The van der Waals surface area contributed by atoms with Gasteiger partial charge in [-0.1, -0.05) is 6.07 Å². The molecule has 0 aromatic heterocycles. The molecule has 7 heteroatoms. The second kappa shape index (κ2) is 5.26. The molecule has 0 spiro atoms. The van der Waals surface area contributed by atoms with Crippen molar-refractivity contribution in [3.8, 4) is 0 Å². The first-order valence-electron chi connectivity index (χ1n) is 5.12. The van der Waals surface area contributed by atoms with Gasteiger partial charge in [-0.3, -0.25) is 4.72 Å². The van der Waals surface area contributed by atoms with Crippen molar-refractivity contribution in [3.05, 3.63) is 58.6 Å². The predicted molar refractivity (Wildman–Crippen MR) is 71.3 cm³/mol. The van der Waals surface area contributed by atoms with Gasteiger partial charge in [0.15, 0.2) is 0 Å². The van der Waals surface area contributed by atoms with Crippen molar-refractivity contribution in [3.63, 3.8) is 0 Å². The third-order valence-corrected chi connectivity index (χ3v) is 4.30. The van der Waals surface area contributed by atoms with E-state index in [1.807, 2.05) is 0 Å². The fraction of sp³-hybridized carbons (Fsp3) is 0. The molecule has 0 aliphatic rings. The van der Waals surface area contributed by atoms with Crippen LogP contribution in [-0.2, 0) is 10.0 Å². The van der Waals surface area contributed by atoms with Gasteiger partial charge < -0.3 is 0 Å². The topological polar surface area (TPSA) is 46.2 Å². The van der Waals surface area contributed by atoms with Crippen LogP contribution in [0.25, 0.3) is 0 Å². The smallest absolute Gasteiger partial charge is 0.261 e. The Morgan fingerprint density at radius 1 is 1.05 bits per heavy atom. The number of benzene rings is 2. The van der Waals surface area contributed by atoms with Crippen molar-refractivity contribution in [1.29, 1.82) is 0 Å². The molecule has 2 rings (SSSR count). The number of hydrogen-bond donors (Lipinski definition) is 1. The predicted octanol–water partition coefficient (Wildman–Crippen LogP) is 3.53.